The lowest BCUT2D eigenvalue weighted by Gasteiger charge is -2.17. The van der Waals surface area contributed by atoms with Crippen LogP contribution in [-0.4, -0.2) is 23.2 Å². The minimum absolute atomic E-state index is 0.00857. The van der Waals surface area contributed by atoms with Crippen LogP contribution in [-0.2, 0) is 11.2 Å². The van der Waals surface area contributed by atoms with E-state index < -0.39 is 0 Å². The standard InChI is InChI=1S/C20H17FN2OS2/c1-13-22-17(11-25-13)14-6-7-18-15(10-14)8-9-23(18)20(24)12-26-19-5-3-2-4-16(19)21/h2-7,10-11H,8-9,12H2,1H3. The molecule has 1 aliphatic heterocycles. The predicted molar refractivity (Wildman–Crippen MR) is 105 cm³/mol. The van der Waals surface area contributed by atoms with Crippen LogP contribution < -0.4 is 4.90 Å². The Morgan fingerprint density at radius 2 is 2.15 bits per heavy atom. The summed E-state index contributed by atoms with van der Waals surface area (Å²) in [5, 5.41) is 3.10. The van der Waals surface area contributed by atoms with Crippen molar-refractivity contribution in [1.29, 1.82) is 0 Å². The van der Waals surface area contributed by atoms with Crippen LogP contribution in [0.5, 0.6) is 0 Å². The molecule has 132 valence electrons. The molecule has 0 atom stereocenters. The normalized spacial score (nSPS) is 13.1. The number of aromatic nitrogens is 1. The summed E-state index contributed by atoms with van der Waals surface area (Å²) in [4.78, 5) is 19.5. The molecule has 1 amide bonds. The van der Waals surface area contributed by atoms with E-state index in [0.29, 0.717) is 11.4 Å². The highest BCUT2D eigenvalue weighted by Crippen LogP contribution is 2.33. The molecule has 26 heavy (non-hydrogen) atoms. The molecular formula is C20H17FN2OS2. The Labute approximate surface area is 159 Å². The number of fused-ring (bicyclic) bond motifs is 1. The van der Waals surface area contributed by atoms with Gasteiger partial charge in [-0.25, -0.2) is 9.37 Å². The Balaban J connectivity index is 1.49. The van der Waals surface area contributed by atoms with Gasteiger partial charge in [0.25, 0.3) is 0 Å². The first-order chi connectivity index (χ1) is 12.6. The Kier molecular flexibility index (Phi) is 4.78. The molecule has 1 aromatic heterocycles. The zero-order valence-electron chi connectivity index (χ0n) is 14.2. The highest BCUT2D eigenvalue weighted by molar-refractivity contribution is 8.00. The number of thioether (sulfide) groups is 1. The molecule has 0 bridgehead atoms. The summed E-state index contributed by atoms with van der Waals surface area (Å²) in [5.41, 5.74) is 4.19. The smallest absolute Gasteiger partial charge is 0.237 e. The topological polar surface area (TPSA) is 33.2 Å². The number of carbonyl (C=O) groups is 1. The van der Waals surface area contributed by atoms with Gasteiger partial charge in [-0.3, -0.25) is 4.79 Å². The molecule has 0 N–H and O–H groups in total. The molecule has 0 saturated carbocycles. The van der Waals surface area contributed by atoms with Crippen molar-refractivity contribution in [2.75, 3.05) is 17.2 Å². The molecule has 6 heteroatoms. The summed E-state index contributed by atoms with van der Waals surface area (Å²) < 4.78 is 13.7. The zero-order valence-corrected chi connectivity index (χ0v) is 15.9. The summed E-state index contributed by atoms with van der Waals surface area (Å²) in [6.45, 7) is 2.67. The molecule has 0 saturated heterocycles. The lowest BCUT2D eigenvalue weighted by atomic mass is 10.1. The lowest BCUT2D eigenvalue weighted by Crippen LogP contribution is -2.30. The number of benzene rings is 2. The molecular weight excluding hydrogens is 367 g/mol. The van der Waals surface area contributed by atoms with Crippen LogP contribution in [0.1, 0.15) is 10.6 Å². The van der Waals surface area contributed by atoms with Gasteiger partial charge in [0.2, 0.25) is 5.91 Å². The van der Waals surface area contributed by atoms with E-state index in [1.54, 1.807) is 34.4 Å². The van der Waals surface area contributed by atoms with Crippen molar-refractivity contribution < 1.29 is 9.18 Å². The van der Waals surface area contributed by atoms with Gasteiger partial charge in [-0.2, -0.15) is 0 Å². The van der Waals surface area contributed by atoms with Crippen molar-refractivity contribution >= 4 is 34.7 Å². The van der Waals surface area contributed by atoms with Gasteiger partial charge in [0, 0.05) is 28.1 Å². The van der Waals surface area contributed by atoms with Crippen LogP contribution in [0.4, 0.5) is 10.1 Å². The van der Waals surface area contributed by atoms with Gasteiger partial charge in [0.15, 0.2) is 0 Å². The highest BCUT2D eigenvalue weighted by Gasteiger charge is 2.25. The number of hydrogen-bond donors (Lipinski definition) is 0. The van der Waals surface area contributed by atoms with Gasteiger partial charge in [-0.15, -0.1) is 23.1 Å². The van der Waals surface area contributed by atoms with E-state index in [1.807, 2.05) is 19.1 Å². The third-order valence-corrected chi connectivity index (χ3v) is 6.19. The van der Waals surface area contributed by atoms with E-state index in [0.717, 1.165) is 33.9 Å². The number of thiazole rings is 1. The van der Waals surface area contributed by atoms with Crippen molar-refractivity contribution in [3.8, 4) is 11.3 Å². The van der Waals surface area contributed by atoms with Gasteiger partial charge in [0.1, 0.15) is 5.82 Å². The fraction of sp³-hybridized carbons (Fsp3) is 0.200. The van der Waals surface area contributed by atoms with E-state index in [1.165, 1.54) is 17.8 Å². The summed E-state index contributed by atoms with van der Waals surface area (Å²) in [6.07, 6.45) is 0.836. The third kappa shape index (κ3) is 3.39. The molecule has 0 unspecified atom stereocenters. The molecule has 0 fully saturated rings. The van der Waals surface area contributed by atoms with E-state index in [4.69, 9.17) is 0 Å². The predicted octanol–water partition coefficient (Wildman–Crippen LogP) is 4.94. The Bertz CT molecular complexity index is 970. The monoisotopic (exact) mass is 384 g/mol. The van der Waals surface area contributed by atoms with Gasteiger partial charge < -0.3 is 4.90 Å². The average Bonchev–Trinajstić information content (AvgIpc) is 3.26. The van der Waals surface area contributed by atoms with Crippen molar-refractivity contribution in [2.45, 2.75) is 18.2 Å². The maximum absolute atomic E-state index is 13.7. The summed E-state index contributed by atoms with van der Waals surface area (Å²) >= 11 is 2.88. The Morgan fingerprint density at radius 3 is 2.92 bits per heavy atom. The second kappa shape index (κ2) is 7.21. The number of amides is 1. The molecule has 3 aromatic rings. The molecule has 1 aliphatic rings. The van der Waals surface area contributed by atoms with Crippen LogP contribution in [0.25, 0.3) is 11.3 Å². The second-order valence-corrected chi connectivity index (χ2v) is 8.19. The van der Waals surface area contributed by atoms with E-state index >= 15 is 0 Å². The number of anilines is 1. The molecule has 2 heterocycles. The Hall–Kier alpha value is -2.18. The number of carbonyl (C=O) groups excluding carboxylic acids is 1. The number of nitrogens with zero attached hydrogens (tertiary/aromatic N) is 2. The van der Waals surface area contributed by atoms with E-state index in [2.05, 4.69) is 16.4 Å². The quantitative estimate of drug-likeness (QED) is 0.598. The SMILES string of the molecule is Cc1nc(-c2ccc3c(c2)CCN3C(=O)CSc2ccccc2F)cs1. The second-order valence-electron chi connectivity index (χ2n) is 6.11. The molecule has 3 nitrogen and oxygen atoms in total. The van der Waals surface area contributed by atoms with Gasteiger partial charge in [-0.1, -0.05) is 18.2 Å². The van der Waals surface area contributed by atoms with Crippen LogP contribution in [0.15, 0.2) is 52.7 Å². The van der Waals surface area contributed by atoms with Gasteiger partial charge in [0.05, 0.1) is 16.5 Å². The zero-order chi connectivity index (χ0) is 18.1. The fourth-order valence-corrected chi connectivity index (χ4v) is 4.53. The average molecular weight is 385 g/mol. The fourth-order valence-electron chi connectivity index (χ4n) is 3.10. The van der Waals surface area contributed by atoms with Crippen molar-refractivity contribution in [1.82, 2.24) is 4.98 Å². The molecule has 0 radical (unpaired) electrons. The van der Waals surface area contributed by atoms with Crippen molar-refractivity contribution in [2.24, 2.45) is 0 Å². The van der Waals surface area contributed by atoms with Gasteiger partial charge >= 0.3 is 0 Å². The first-order valence-corrected chi connectivity index (χ1v) is 10.2. The highest BCUT2D eigenvalue weighted by atomic mass is 32.2. The van der Waals surface area contributed by atoms with Crippen molar-refractivity contribution in [3.63, 3.8) is 0 Å². The number of hydrogen-bond acceptors (Lipinski definition) is 4. The largest absolute Gasteiger partial charge is 0.311 e. The van der Waals surface area contributed by atoms with Crippen LogP contribution >= 0.6 is 23.1 Å². The molecule has 4 rings (SSSR count). The molecule has 0 aliphatic carbocycles. The molecule has 0 spiro atoms. The minimum Gasteiger partial charge on any atom is -0.311 e. The first kappa shape index (κ1) is 17.2. The van der Waals surface area contributed by atoms with Crippen molar-refractivity contribution in [3.05, 3.63) is 64.2 Å². The molecule has 2 aromatic carbocycles. The third-order valence-electron chi connectivity index (χ3n) is 4.38. The minimum atomic E-state index is -0.282. The summed E-state index contributed by atoms with van der Waals surface area (Å²) in [6, 6.07) is 12.7. The maximum Gasteiger partial charge on any atom is 0.237 e. The lowest BCUT2D eigenvalue weighted by molar-refractivity contribution is -0.116. The first-order valence-electron chi connectivity index (χ1n) is 8.35. The summed E-state index contributed by atoms with van der Waals surface area (Å²) in [5.74, 6) is -0.0440. The van der Waals surface area contributed by atoms with Gasteiger partial charge in [-0.05, 0) is 43.2 Å². The van der Waals surface area contributed by atoms with E-state index in [-0.39, 0.29) is 17.5 Å². The number of rotatable bonds is 4. The Morgan fingerprint density at radius 1 is 1.31 bits per heavy atom. The summed E-state index contributed by atoms with van der Waals surface area (Å²) in [7, 11) is 0. The van der Waals surface area contributed by atoms with Crippen LogP contribution in [0.3, 0.4) is 0 Å². The maximum atomic E-state index is 13.7. The van der Waals surface area contributed by atoms with Crippen LogP contribution in [0.2, 0.25) is 0 Å². The van der Waals surface area contributed by atoms with E-state index in [9.17, 15) is 9.18 Å². The number of halogens is 1. The van der Waals surface area contributed by atoms with Crippen LogP contribution in [0, 0.1) is 12.7 Å². The number of aryl methyl sites for hydroxylation is 1.